The molecule has 0 saturated heterocycles. The summed E-state index contributed by atoms with van der Waals surface area (Å²) in [4.78, 5) is 25.7. The molecule has 0 amide bonds. The molecule has 4 saturated carbocycles. The monoisotopic (exact) mass is 614 g/mol. The Kier molecular flexibility index (Phi) is 8.16. The molecule has 0 aromatic carbocycles. The molecule has 0 aliphatic heterocycles. The van der Waals surface area contributed by atoms with E-state index in [-0.39, 0.29) is 40.3 Å². The molecule has 7 heteroatoms. The first-order valence-electron chi connectivity index (χ1n) is 17.0. The normalized spacial score (nSPS) is 47.6. The largest absolute Gasteiger partial charge is 0.458 e. The van der Waals surface area contributed by atoms with Crippen LogP contribution in [-0.2, 0) is 19.1 Å². The lowest BCUT2D eigenvalue weighted by Crippen LogP contribution is -2.72. The molecule has 11 atom stereocenters. The van der Waals surface area contributed by atoms with E-state index in [9.17, 15) is 24.9 Å². The lowest BCUT2D eigenvalue weighted by Gasteiger charge is -2.72. The second-order valence-corrected chi connectivity index (χ2v) is 17.2. The number of hydrogen-bond acceptors (Lipinski definition) is 7. The van der Waals surface area contributed by atoms with Gasteiger partial charge >= 0.3 is 11.9 Å². The van der Waals surface area contributed by atoms with Gasteiger partial charge < -0.3 is 24.8 Å². The van der Waals surface area contributed by atoms with Gasteiger partial charge in [-0.2, -0.15) is 0 Å². The third kappa shape index (κ3) is 4.37. The van der Waals surface area contributed by atoms with Gasteiger partial charge in [-0.1, -0.05) is 66.2 Å². The second kappa shape index (κ2) is 10.7. The molecule has 0 aromatic rings. The molecule has 0 unspecified atom stereocenters. The van der Waals surface area contributed by atoms with Crippen LogP contribution >= 0.6 is 0 Å². The highest BCUT2D eigenvalue weighted by Crippen LogP contribution is 2.76. The third-order valence-corrected chi connectivity index (χ3v) is 14.6. The zero-order valence-corrected chi connectivity index (χ0v) is 28.8. The van der Waals surface area contributed by atoms with E-state index in [1.165, 1.54) is 12.5 Å². The van der Waals surface area contributed by atoms with Crippen LogP contribution in [0.1, 0.15) is 114 Å². The molecule has 4 fully saturated rings. The van der Waals surface area contributed by atoms with Crippen LogP contribution in [0.4, 0.5) is 0 Å². The van der Waals surface area contributed by atoms with Crippen molar-refractivity contribution in [2.45, 2.75) is 139 Å². The number of fused-ring (bicyclic) bond motifs is 7. The molecule has 0 bridgehead atoms. The SMILES string of the molecule is C/C=C(\C)C(=O)O[C@H]1[C@H](OC(C)=O)[C@]2(CO)[C@H](O)C[C@]3(C)C(=CC[C@@H]4[C@@]5(C)CC[C@H](O)C(C)(C)[C@@H]5CC[C@]43C)[C@H]2CC1(C)C. The average molecular weight is 615 g/mol. The number of esters is 2. The highest BCUT2D eigenvalue weighted by molar-refractivity contribution is 5.87. The number of rotatable bonds is 4. The van der Waals surface area contributed by atoms with Gasteiger partial charge in [0.15, 0.2) is 0 Å². The van der Waals surface area contributed by atoms with E-state index >= 15 is 0 Å². The van der Waals surface area contributed by atoms with Crippen molar-refractivity contribution >= 4 is 11.9 Å². The maximum Gasteiger partial charge on any atom is 0.333 e. The Hall–Kier alpha value is -1.70. The van der Waals surface area contributed by atoms with Gasteiger partial charge in [0, 0.05) is 17.9 Å². The van der Waals surface area contributed by atoms with Crippen molar-refractivity contribution in [3.05, 3.63) is 23.3 Å². The number of aliphatic hydroxyl groups is 3. The molecule has 0 aromatic heterocycles. The molecule has 5 rings (SSSR count). The first-order chi connectivity index (χ1) is 20.3. The van der Waals surface area contributed by atoms with Crippen molar-refractivity contribution in [1.82, 2.24) is 0 Å². The number of ether oxygens (including phenoxy) is 2. The van der Waals surface area contributed by atoms with Gasteiger partial charge in [-0.05, 0) is 98.2 Å². The van der Waals surface area contributed by atoms with Crippen LogP contribution in [0.25, 0.3) is 0 Å². The van der Waals surface area contributed by atoms with E-state index in [0.717, 1.165) is 32.1 Å². The van der Waals surface area contributed by atoms with E-state index < -0.39 is 41.1 Å². The molecule has 0 spiro atoms. The summed E-state index contributed by atoms with van der Waals surface area (Å²) in [6, 6.07) is 0. The van der Waals surface area contributed by atoms with Crippen molar-refractivity contribution in [2.75, 3.05) is 6.61 Å². The van der Waals surface area contributed by atoms with E-state index in [1.54, 1.807) is 19.9 Å². The number of carbonyl (C=O) groups is 2. The van der Waals surface area contributed by atoms with Gasteiger partial charge in [0.25, 0.3) is 0 Å². The van der Waals surface area contributed by atoms with Crippen molar-refractivity contribution in [2.24, 2.45) is 50.2 Å². The first-order valence-corrected chi connectivity index (χ1v) is 17.0. The topological polar surface area (TPSA) is 113 Å². The van der Waals surface area contributed by atoms with Gasteiger partial charge in [0.1, 0.15) is 12.2 Å². The summed E-state index contributed by atoms with van der Waals surface area (Å²) < 4.78 is 12.2. The fourth-order valence-corrected chi connectivity index (χ4v) is 11.7. The molecular weight excluding hydrogens is 556 g/mol. The minimum Gasteiger partial charge on any atom is -0.458 e. The fourth-order valence-electron chi connectivity index (χ4n) is 11.7. The number of aliphatic hydroxyl groups excluding tert-OH is 3. The Bertz CT molecular complexity index is 1250. The minimum atomic E-state index is -1.21. The Balaban J connectivity index is 1.63. The van der Waals surface area contributed by atoms with Gasteiger partial charge in [0.2, 0.25) is 0 Å². The van der Waals surface area contributed by atoms with E-state index in [0.29, 0.717) is 30.3 Å². The molecule has 0 heterocycles. The first kappa shape index (κ1) is 33.7. The van der Waals surface area contributed by atoms with Gasteiger partial charge in [-0.15, -0.1) is 0 Å². The lowest BCUT2D eigenvalue weighted by molar-refractivity contribution is -0.265. The van der Waals surface area contributed by atoms with E-state index in [1.807, 2.05) is 13.8 Å². The van der Waals surface area contributed by atoms with Gasteiger partial charge in [0.05, 0.1) is 24.2 Å². The van der Waals surface area contributed by atoms with Gasteiger partial charge in [-0.3, -0.25) is 4.79 Å². The molecule has 7 nitrogen and oxygen atoms in total. The summed E-state index contributed by atoms with van der Waals surface area (Å²) in [6.45, 7) is 20.2. The Morgan fingerprint density at radius 1 is 0.909 bits per heavy atom. The van der Waals surface area contributed by atoms with Crippen molar-refractivity contribution in [3.63, 3.8) is 0 Å². The third-order valence-electron chi connectivity index (χ3n) is 14.6. The molecular formula is C37H58O7. The summed E-state index contributed by atoms with van der Waals surface area (Å²) in [5.74, 6) is -0.463. The van der Waals surface area contributed by atoms with Crippen LogP contribution in [0.15, 0.2) is 23.3 Å². The summed E-state index contributed by atoms with van der Waals surface area (Å²) in [5, 5.41) is 34.7. The maximum atomic E-state index is 13.1. The van der Waals surface area contributed by atoms with Gasteiger partial charge in [-0.25, -0.2) is 4.79 Å². The number of carbonyl (C=O) groups excluding carboxylic acids is 2. The van der Waals surface area contributed by atoms with Crippen LogP contribution in [0, 0.1) is 50.2 Å². The smallest absolute Gasteiger partial charge is 0.333 e. The zero-order chi connectivity index (χ0) is 32.8. The van der Waals surface area contributed by atoms with Crippen molar-refractivity contribution in [1.29, 1.82) is 0 Å². The van der Waals surface area contributed by atoms with Crippen LogP contribution in [-0.4, -0.2) is 58.3 Å². The van der Waals surface area contributed by atoms with Crippen molar-refractivity contribution < 1.29 is 34.4 Å². The predicted octanol–water partition coefficient (Wildman–Crippen LogP) is 6.14. The predicted molar refractivity (Wildman–Crippen MR) is 169 cm³/mol. The molecule has 5 aliphatic carbocycles. The van der Waals surface area contributed by atoms with Crippen LogP contribution in [0.5, 0.6) is 0 Å². The second-order valence-electron chi connectivity index (χ2n) is 17.2. The quantitative estimate of drug-likeness (QED) is 0.198. The van der Waals surface area contributed by atoms with Crippen LogP contribution in [0.2, 0.25) is 0 Å². The highest BCUT2D eigenvalue weighted by Gasteiger charge is 2.73. The van der Waals surface area contributed by atoms with Crippen LogP contribution in [0.3, 0.4) is 0 Å². The summed E-state index contributed by atoms with van der Waals surface area (Å²) >= 11 is 0. The number of hydrogen-bond donors (Lipinski definition) is 3. The van der Waals surface area contributed by atoms with E-state index in [4.69, 9.17) is 9.47 Å². The Labute approximate surface area is 264 Å². The Morgan fingerprint density at radius 2 is 1.57 bits per heavy atom. The van der Waals surface area contributed by atoms with Crippen LogP contribution < -0.4 is 0 Å². The minimum absolute atomic E-state index is 0.0628. The number of allylic oxidation sites excluding steroid dienone is 3. The fraction of sp³-hybridized carbons (Fsp3) is 0.838. The Morgan fingerprint density at radius 3 is 2.16 bits per heavy atom. The lowest BCUT2D eigenvalue weighted by atomic mass is 9.33. The standard InChI is InChI=1S/C37H58O7/c1-11-21(2)31(42)44-29-30(43-22(3)39)37(20-38)24(18-32(29,4)5)23-12-13-26-34(8)16-15-27(40)33(6,7)25(34)14-17-35(26,9)36(23,10)19-28(37)41/h11-12,24-30,38,40-41H,13-20H2,1-10H3/b21-11+/t24-,25+,26-,27+,28-,29+,30+,34+,35-,36-,37+/m1/s1. The average Bonchev–Trinajstić information content (AvgIpc) is 2.92. The summed E-state index contributed by atoms with van der Waals surface area (Å²) in [7, 11) is 0. The zero-order valence-electron chi connectivity index (χ0n) is 28.8. The molecule has 44 heavy (non-hydrogen) atoms. The molecule has 3 N–H and O–H groups in total. The van der Waals surface area contributed by atoms with Crippen molar-refractivity contribution in [3.8, 4) is 0 Å². The highest BCUT2D eigenvalue weighted by atomic mass is 16.6. The maximum absolute atomic E-state index is 13.1. The van der Waals surface area contributed by atoms with E-state index in [2.05, 4.69) is 40.7 Å². The summed E-state index contributed by atoms with van der Waals surface area (Å²) in [5.41, 5.74) is -0.624. The summed E-state index contributed by atoms with van der Waals surface area (Å²) in [6.07, 6.45) is 6.76. The molecule has 5 aliphatic rings. The molecule has 0 radical (unpaired) electrons. The molecule has 248 valence electrons.